The molecule has 1 amide bonds. The van der Waals surface area contributed by atoms with Crippen molar-refractivity contribution >= 4 is 11.6 Å². The summed E-state index contributed by atoms with van der Waals surface area (Å²) in [5.74, 6) is -1.27. The topological polar surface area (TPSA) is 89.6 Å². The number of carbonyl (C=O) groups excluding carboxylic acids is 1. The van der Waals surface area contributed by atoms with Crippen LogP contribution in [0.25, 0.3) is 11.1 Å². The standard InChI is InChI=1S/C29H35F2N5O2/c1-5-6-14-29(4,32)33-26-17-21(28-19(2)34-38-20(28)3)12-15-35(26)16-13-22-8-7-9-27(37)36(22)23-10-11-24(30)25(31)18-23/h6,10-12,14-15,17-18,22H,5,7-9,13,16,32H2,1-4H3/b14-6-,33-26?/t22-,29?/m0/s1. The maximum Gasteiger partial charge on any atom is 0.227 e. The average molecular weight is 524 g/mol. The molecule has 1 aromatic carbocycles. The predicted octanol–water partition coefficient (Wildman–Crippen LogP) is 5.56. The molecule has 1 unspecified atom stereocenters. The Balaban J connectivity index is 1.69. The van der Waals surface area contributed by atoms with Crippen molar-refractivity contribution in [3.05, 3.63) is 77.3 Å². The number of allylic oxidation sites excluding steroid dienone is 1. The molecule has 7 nitrogen and oxygen atoms in total. The molecule has 0 aliphatic carbocycles. The molecular formula is C29H35F2N5O2. The lowest BCUT2D eigenvalue weighted by molar-refractivity contribution is -0.120. The Hall–Kier alpha value is -3.59. The quantitative estimate of drug-likeness (QED) is 0.392. The van der Waals surface area contributed by atoms with Crippen LogP contribution in [0.5, 0.6) is 0 Å². The van der Waals surface area contributed by atoms with E-state index in [-0.39, 0.29) is 11.9 Å². The summed E-state index contributed by atoms with van der Waals surface area (Å²) in [4.78, 5) is 19.3. The Kier molecular flexibility index (Phi) is 8.26. The number of anilines is 1. The molecule has 9 heteroatoms. The summed E-state index contributed by atoms with van der Waals surface area (Å²) in [6.45, 7) is 8.20. The van der Waals surface area contributed by atoms with E-state index in [1.54, 1.807) is 4.90 Å². The van der Waals surface area contributed by atoms with Gasteiger partial charge in [0.2, 0.25) is 5.91 Å². The van der Waals surface area contributed by atoms with Crippen LogP contribution in [0.1, 0.15) is 57.4 Å². The van der Waals surface area contributed by atoms with Gasteiger partial charge in [0.15, 0.2) is 11.6 Å². The molecule has 1 saturated heterocycles. The zero-order chi connectivity index (χ0) is 27.4. The summed E-state index contributed by atoms with van der Waals surface area (Å²) >= 11 is 0. The molecule has 1 fully saturated rings. The van der Waals surface area contributed by atoms with Crippen molar-refractivity contribution in [1.29, 1.82) is 0 Å². The first-order chi connectivity index (χ1) is 18.1. The highest BCUT2D eigenvalue weighted by molar-refractivity contribution is 5.94. The number of aryl methyl sites for hydroxylation is 3. The fraction of sp³-hybridized carbons (Fsp3) is 0.414. The number of halogens is 2. The van der Waals surface area contributed by atoms with Crippen LogP contribution in [-0.2, 0) is 11.3 Å². The second-order valence-corrected chi connectivity index (χ2v) is 10.0. The molecule has 38 heavy (non-hydrogen) atoms. The molecule has 0 saturated carbocycles. The number of nitrogens with two attached hydrogens (primary N) is 1. The number of carbonyl (C=O) groups is 1. The van der Waals surface area contributed by atoms with Crippen molar-refractivity contribution < 1.29 is 18.1 Å². The fourth-order valence-electron chi connectivity index (χ4n) is 4.99. The molecular weight excluding hydrogens is 488 g/mol. The van der Waals surface area contributed by atoms with Gasteiger partial charge in [0.25, 0.3) is 0 Å². The summed E-state index contributed by atoms with van der Waals surface area (Å²) in [6.07, 6.45) is 9.16. The average Bonchev–Trinajstić information content (AvgIpc) is 3.21. The van der Waals surface area contributed by atoms with Crippen molar-refractivity contribution in [2.24, 2.45) is 10.7 Å². The fourth-order valence-corrected chi connectivity index (χ4v) is 4.99. The molecule has 2 aromatic heterocycles. The molecule has 0 bridgehead atoms. The highest BCUT2D eigenvalue weighted by atomic mass is 19.2. The maximum atomic E-state index is 14.0. The Morgan fingerprint density at radius 1 is 1.24 bits per heavy atom. The van der Waals surface area contributed by atoms with E-state index in [0.717, 1.165) is 54.0 Å². The largest absolute Gasteiger partial charge is 0.361 e. The third-order valence-corrected chi connectivity index (χ3v) is 6.83. The zero-order valence-electron chi connectivity index (χ0n) is 22.4. The molecule has 2 atom stereocenters. The smallest absolute Gasteiger partial charge is 0.227 e. The molecule has 4 rings (SSSR count). The van der Waals surface area contributed by atoms with E-state index in [4.69, 9.17) is 15.2 Å². The van der Waals surface area contributed by atoms with Gasteiger partial charge in [-0.2, -0.15) is 0 Å². The van der Waals surface area contributed by atoms with Gasteiger partial charge in [-0.25, -0.2) is 13.8 Å². The van der Waals surface area contributed by atoms with E-state index >= 15 is 0 Å². The first-order valence-corrected chi connectivity index (χ1v) is 13.0. The lowest BCUT2D eigenvalue weighted by Gasteiger charge is -2.36. The summed E-state index contributed by atoms with van der Waals surface area (Å²) in [5.41, 5.74) is 9.25. The molecule has 2 N–H and O–H groups in total. The van der Waals surface area contributed by atoms with E-state index in [1.807, 2.05) is 62.7 Å². The molecule has 0 spiro atoms. The van der Waals surface area contributed by atoms with Gasteiger partial charge in [0, 0.05) is 42.5 Å². The Bertz CT molecular complexity index is 1390. The van der Waals surface area contributed by atoms with E-state index in [2.05, 4.69) is 5.16 Å². The van der Waals surface area contributed by atoms with Gasteiger partial charge in [-0.05, 0) is 82.4 Å². The van der Waals surface area contributed by atoms with Gasteiger partial charge in [-0.15, -0.1) is 0 Å². The predicted molar refractivity (Wildman–Crippen MR) is 143 cm³/mol. The van der Waals surface area contributed by atoms with Gasteiger partial charge < -0.3 is 19.7 Å². The third-order valence-electron chi connectivity index (χ3n) is 6.83. The van der Waals surface area contributed by atoms with Crippen LogP contribution in [-0.4, -0.2) is 27.3 Å². The Labute approximate surface area is 221 Å². The Morgan fingerprint density at radius 2 is 2.03 bits per heavy atom. The molecule has 3 heterocycles. The maximum absolute atomic E-state index is 14.0. The van der Waals surface area contributed by atoms with Crippen molar-refractivity contribution in [2.45, 2.75) is 78.0 Å². The minimum Gasteiger partial charge on any atom is -0.361 e. The Morgan fingerprint density at radius 3 is 2.71 bits per heavy atom. The molecule has 1 aliphatic heterocycles. The van der Waals surface area contributed by atoms with Crippen LogP contribution in [0.2, 0.25) is 0 Å². The highest BCUT2D eigenvalue weighted by Gasteiger charge is 2.30. The summed E-state index contributed by atoms with van der Waals surface area (Å²) < 4.78 is 34.9. The van der Waals surface area contributed by atoms with Crippen LogP contribution in [0.15, 0.2) is 58.2 Å². The lowest BCUT2D eigenvalue weighted by atomic mass is 9.97. The second kappa shape index (κ2) is 11.4. The van der Waals surface area contributed by atoms with Crippen molar-refractivity contribution in [1.82, 2.24) is 9.72 Å². The molecule has 3 aromatic rings. The first-order valence-electron chi connectivity index (χ1n) is 13.0. The van der Waals surface area contributed by atoms with Crippen molar-refractivity contribution in [3.63, 3.8) is 0 Å². The van der Waals surface area contributed by atoms with Gasteiger partial charge in [0.05, 0.1) is 5.69 Å². The van der Waals surface area contributed by atoms with Gasteiger partial charge in [0.1, 0.15) is 16.9 Å². The van der Waals surface area contributed by atoms with Crippen LogP contribution in [0.3, 0.4) is 0 Å². The van der Waals surface area contributed by atoms with Crippen LogP contribution < -0.4 is 16.1 Å². The number of amides is 1. The summed E-state index contributed by atoms with van der Waals surface area (Å²) in [7, 11) is 0. The minimum absolute atomic E-state index is 0.0878. The van der Waals surface area contributed by atoms with E-state index in [0.29, 0.717) is 30.6 Å². The highest BCUT2D eigenvalue weighted by Crippen LogP contribution is 2.29. The number of hydrogen-bond donors (Lipinski definition) is 1. The number of benzene rings is 1. The first kappa shape index (κ1) is 27.4. The minimum atomic E-state index is -0.965. The lowest BCUT2D eigenvalue weighted by Crippen LogP contribution is -2.45. The molecule has 0 radical (unpaired) electrons. The zero-order valence-corrected chi connectivity index (χ0v) is 22.4. The third kappa shape index (κ3) is 6.10. The number of rotatable bonds is 8. The number of piperidine rings is 1. The van der Waals surface area contributed by atoms with Gasteiger partial charge in [-0.3, -0.25) is 4.79 Å². The van der Waals surface area contributed by atoms with Crippen molar-refractivity contribution in [3.8, 4) is 11.1 Å². The van der Waals surface area contributed by atoms with Crippen LogP contribution in [0.4, 0.5) is 14.5 Å². The molecule has 1 aliphatic rings. The second-order valence-electron chi connectivity index (χ2n) is 10.0. The summed E-state index contributed by atoms with van der Waals surface area (Å²) in [5, 5.41) is 4.08. The summed E-state index contributed by atoms with van der Waals surface area (Å²) in [6, 6.07) is 7.41. The number of pyridine rings is 1. The van der Waals surface area contributed by atoms with Gasteiger partial charge >= 0.3 is 0 Å². The number of aromatic nitrogens is 2. The normalized spacial score (nSPS) is 18.4. The van der Waals surface area contributed by atoms with Crippen molar-refractivity contribution in [2.75, 3.05) is 4.90 Å². The van der Waals surface area contributed by atoms with E-state index in [1.165, 1.54) is 6.07 Å². The van der Waals surface area contributed by atoms with Crippen LogP contribution >= 0.6 is 0 Å². The van der Waals surface area contributed by atoms with Crippen LogP contribution in [0, 0.1) is 25.5 Å². The SMILES string of the molecule is CC/C=C\C(C)(N)N=c1cc(-c2c(C)noc2C)ccn1CC[C@@H]1CCCC(=O)N1c1ccc(F)c(F)c1. The van der Waals surface area contributed by atoms with Gasteiger partial charge in [-0.1, -0.05) is 18.2 Å². The monoisotopic (exact) mass is 523 g/mol. The molecule has 202 valence electrons. The number of hydrogen-bond acceptors (Lipinski definition) is 5. The van der Waals surface area contributed by atoms with E-state index < -0.39 is 17.3 Å². The number of nitrogens with zero attached hydrogens (tertiary/aromatic N) is 4. The van der Waals surface area contributed by atoms with E-state index in [9.17, 15) is 13.6 Å².